The maximum Gasteiger partial charge on any atom is 0.433 e. The molecule has 1 aromatic heterocycles. The molecule has 27 heavy (non-hydrogen) atoms. The lowest BCUT2D eigenvalue weighted by Gasteiger charge is -2.43. The Morgan fingerprint density at radius 2 is 1.81 bits per heavy atom. The second-order valence-electron chi connectivity index (χ2n) is 6.29. The van der Waals surface area contributed by atoms with Crippen LogP contribution in [-0.2, 0) is 16.2 Å². The van der Waals surface area contributed by atoms with E-state index in [-0.39, 0.29) is 17.5 Å². The molecule has 6 nitrogen and oxygen atoms in total. The number of anilines is 2. The quantitative estimate of drug-likeness (QED) is 0.856. The lowest BCUT2D eigenvalue weighted by molar-refractivity contribution is -0.141. The van der Waals surface area contributed by atoms with E-state index in [1.165, 1.54) is 0 Å². The van der Waals surface area contributed by atoms with Gasteiger partial charge in [-0.3, -0.25) is 9.29 Å². The van der Waals surface area contributed by atoms with Gasteiger partial charge in [0.1, 0.15) is 16.8 Å². The number of rotatable bonds is 3. The molecule has 1 N–H and O–H groups in total. The molecule has 0 spiro atoms. The van der Waals surface area contributed by atoms with Gasteiger partial charge in [0, 0.05) is 12.2 Å². The van der Waals surface area contributed by atoms with Crippen LogP contribution in [0.25, 0.3) is 0 Å². The number of aromatic nitrogens is 1. The molecule has 0 fully saturated rings. The summed E-state index contributed by atoms with van der Waals surface area (Å²) in [4.78, 5) is 4.60. The van der Waals surface area contributed by atoms with Crippen LogP contribution < -0.4 is 9.21 Å². The smallest absolute Gasteiger partial charge is 0.374 e. The van der Waals surface area contributed by atoms with Crippen LogP contribution in [0, 0.1) is 0 Å². The molecule has 0 amide bonds. The van der Waals surface area contributed by atoms with Crippen LogP contribution in [0.3, 0.4) is 0 Å². The molecule has 1 aromatic carbocycles. The van der Waals surface area contributed by atoms with Crippen LogP contribution in [0.5, 0.6) is 0 Å². The normalized spacial score (nSPS) is 19.0. The third-order valence-electron chi connectivity index (χ3n) is 4.35. The minimum Gasteiger partial charge on any atom is -0.374 e. The fourth-order valence-electron chi connectivity index (χ4n) is 3.18. The summed E-state index contributed by atoms with van der Waals surface area (Å²) in [6, 6.07) is 7.85. The predicted molar refractivity (Wildman–Crippen MR) is 93.8 cm³/mol. The van der Waals surface area contributed by atoms with E-state index in [2.05, 4.69) is 4.98 Å². The fourth-order valence-corrected chi connectivity index (χ4v) is 4.69. The highest BCUT2D eigenvalue weighted by molar-refractivity contribution is 7.92. The number of pyridine rings is 1. The van der Waals surface area contributed by atoms with Crippen molar-refractivity contribution in [3.63, 3.8) is 0 Å². The van der Waals surface area contributed by atoms with Crippen molar-refractivity contribution in [2.45, 2.75) is 37.2 Å². The first-order chi connectivity index (χ1) is 12.5. The number of aliphatic hydroxyl groups excluding tert-OH is 1. The summed E-state index contributed by atoms with van der Waals surface area (Å²) in [5.74, 6) is 0. The second kappa shape index (κ2) is 6.68. The van der Waals surface area contributed by atoms with Gasteiger partial charge in [-0.15, -0.1) is 0 Å². The molecule has 2 atom stereocenters. The molecule has 0 bridgehead atoms. The molecule has 1 aliphatic heterocycles. The van der Waals surface area contributed by atoms with Gasteiger partial charge in [-0.05, 0) is 38.1 Å². The zero-order valence-electron chi connectivity index (χ0n) is 14.6. The summed E-state index contributed by atoms with van der Waals surface area (Å²) in [6.07, 6.45) is -4.77. The number of nitrogens with zero attached hydrogens (tertiary/aromatic N) is 3. The number of hydrogen-bond acceptors (Lipinski definition) is 5. The van der Waals surface area contributed by atoms with Crippen molar-refractivity contribution < 1.29 is 26.7 Å². The number of fused-ring (bicyclic) bond motifs is 1. The Morgan fingerprint density at radius 3 is 2.33 bits per heavy atom. The van der Waals surface area contributed by atoms with E-state index >= 15 is 0 Å². The lowest BCUT2D eigenvalue weighted by Crippen LogP contribution is -2.52. The molecule has 3 rings (SSSR count). The van der Waals surface area contributed by atoms with Crippen molar-refractivity contribution in [3.8, 4) is 0 Å². The Kier molecular flexibility index (Phi) is 4.81. The summed E-state index contributed by atoms with van der Waals surface area (Å²) >= 11 is 0. The van der Waals surface area contributed by atoms with Gasteiger partial charge in [-0.1, -0.05) is 12.1 Å². The first-order valence-corrected chi connectivity index (χ1v) is 9.59. The summed E-state index contributed by atoms with van der Waals surface area (Å²) < 4.78 is 65.3. The van der Waals surface area contributed by atoms with Gasteiger partial charge in [0.15, 0.2) is 0 Å². The average Bonchev–Trinajstić information content (AvgIpc) is 2.60. The van der Waals surface area contributed by atoms with E-state index in [9.17, 15) is 26.7 Å². The van der Waals surface area contributed by atoms with Gasteiger partial charge in [-0.2, -0.15) is 13.2 Å². The molecule has 0 aliphatic carbocycles. The zero-order chi connectivity index (χ0) is 20.0. The van der Waals surface area contributed by atoms with Crippen molar-refractivity contribution in [2.75, 3.05) is 15.7 Å². The largest absolute Gasteiger partial charge is 0.433 e. The van der Waals surface area contributed by atoms with Crippen LogP contribution in [0.4, 0.5) is 24.5 Å². The Morgan fingerprint density at radius 1 is 1.19 bits per heavy atom. The third kappa shape index (κ3) is 3.46. The van der Waals surface area contributed by atoms with Crippen molar-refractivity contribution in [3.05, 3.63) is 48.3 Å². The van der Waals surface area contributed by atoms with Gasteiger partial charge in [0.2, 0.25) is 0 Å². The summed E-state index contributed by atoms with van der Waals surface area (Å²) in [5.41, 5.74) is -0.291. The highest BCUT2D eigenvalue weighted by atomic mass is 32.2. The standard InChI is InChI=1S/C17H18F3N3O3S/c1-11-10-22(14-5-3-4-6-15(14)23(11)12(2)24)27(25,26)13-7-8-16(21-9-13)17(18,19)20/h3-9,11-12,24H,10H2,1-2H3/t11-,12?/m0/s1. The SMILES string of the molecule is CC(O)N1c2ccccc2N(S(=O)(=O)c2ccc(C(F)(F)F)nc2)C[C@@H]1C. The minimum atomic E-state index is -4.65. The number of alkyl halides is 3. The van der Waals surface area contributed by atoms with E-state index in [1.54, 1.807) is 43.0 Å². The highest BCUT2D eigenvalue weighted by Gasteiger charge is 2.38. The van der Waals surface area contributed by atoms with E-state index in [1.807, 2.05) is 0 Å². The lowest BCUT2D eigenvalue weighted by atomic mass is 10.1. The average molecular weight is 401 g/mol. The van der Waals surface area contributed by atoms with Crippen molar-refractivity contribution >= 4 is 21.4 Å². The van der Waals surface area contributed by atoms with Crippen LogP contribution in [0.2, 0.25) is 0 Å². The van der Waals surface area contributed by atoms with Crippen LogP contribution in [0.1, 0.15) is 19.5 Å². The van der Waals surface area contributed by atoms with Crippen LogP contribution in [-0.4, -0.2) is 37.3 Å². The fraction of sp³-hybridized carbons (Fsp3) is 0.353. The summed E-state index contributed by atoms with van der Waals surface area (Å²) in [7, 11) is -4.12. The van der Waals surface area contributed by atoms with Crippen molar-refractivity contribution in [2.24, 2.45) is 0 Å². The number of halogens is 3. The molecule has 2 heterocycles. The molecule has 0 radical (unpaired) electrons. The molecule has 0 saturated carbocycles. The number of sulfonamides is 1. The van der Waals surface area contributed by atoms with Gasteiger partial charge < -0.3 is 10.0 Å². The van der Waals surface area contributed by atoms with Crippen molar-refractivity contribution in [1.29, 1.82) is 0 Å². The molecule has 0 saturated heterocycles. The monoisotopic (exact) mass is 401 g/mol. The predicted octanol–water partition coefficient (Wildman–Crippen LogP) is 2.84. The molecule has 2 aromatic rings. The maximum atomic E-state index is 13.1. The molecular formula is C17H18F3N3O3S. The third-order valence-corrected chi connectivity index (χ3v) is 6.11. The summed E-state index contributed by atoms with van der Waals surface area (Å²) in [6.45, 7) is 3.37. The Bertz CT molecular complexity index is 930. The number of para-hydroxylation sites is 2. The van der Waals surface area contributed by atoms with E-state index in [0.717, 1.165) is 10.4 Å². The van der Waals surface area contributed by atoms with Crippen molar-refractivity contribution in [1.82, 2.24) is 4.98 Å². The first-order valence-electron chi connectivity index (χ1n) is 8.15. The Balaban J connectivity index is 2.05. The zero-order valence-corrected chi connectivity index (χ0v) is 15.4. The number of hydrogen-bond donors (Lipinski definition) is 1. The van der Waals surface area contributed by atoms with Gasteiger partial charge in [-0.25, -0.2) is 8.42 Å². The molecule has 1 aliphatic rings. The molecule has 1 unspecified atom stereocenters. The number of benzene rings is 1. The van der Waals surface area contributed by atoms with E-state index in [4.69, 9.17) is 0 Å². The van der Waals surface area contributed by atoms with E-state index < -0.39 is 28.1 Å². The molecule has 10 heteroatoms. The van der Waals surface area contributed by atoms with E-state index in [0.29, 0.717) is 23.6 Å². The summed E-state index contributed by atoms with van der Waals surface area (Å²) in [5, 5.41) is 10.0. The van der Waals surface area contributed by atoms with Gasteiger partial charge in [0.25, 0.3) is 10.0 Å². The minimum absolute atomic E-state index is 0.0330. The van der Waals surface area contributed by atoms with Crippen LogP contribution in [0.15, 0.2) is 47.5 Å². The first kappa shape index (κ1) is 19.4. The van der Waals surface area contributed by atoms with Crippen LogP contribution >= 0.6 is 0 Å². The topological polar surface area (TPSA) is 73.7 Å². The van der Waals surface area contributed by atoms with Gasteiger partial charge >= 0.3 is 6.18 Å². The highest BCUT2D eigenvalue weighted by Crippen LogP contribution is 2.39. The Hall–Kier alpha value is -2.33. The maximum absolute atomic E-state index is 13.1. The molecular weight excluding hydrogens is 383 g/mol. The molecule has 146 valence electrons. The number of aliphatic hydroxyl groups is 1. The second-order valence-corrected chi connectivity index (χ2v) is 8.15. The van der Waals surface area contributed by atoms with Gasteiger partial charge in [0.05, 0.1) is 17.9 Å². The Labute approximate surface area is 154 Å².